The van der Waals surface area contributed by atoms with Crippen LogP contribution in [0, 0.1) is 6.92 Å². The van der Waals surface area contributed by atoms with E-state index in [-0.39, 0.29) is 0 Å². The van der Waals surface area contributed by atoms with E-state index in [1.165, 1.54) is 26.4 Å². The van der Waals surface area contributed by atoms with Crippen LogP contribution < -0.4 is 5.19 Å². The Morgan fingerprint density at radius 2 is 1.50 bits per heavy atom. The van der Waals surface area contributed by atoms with Gasteiger partial charge < -0.3 is 0 Å². The lowest BCUT2D eigenvalue weighted by Crippen LogP contribution is -2.44. The highest BCUT2D eigenvalue weighted by atomic mass is 32.1. The molecule has 0 unspecified atom stereocenters. The second-order valence-electron chi connectivity index (χ2n) is 7.13. The zero-order valence-corrected chi connectivity index (χ0v) is 16.2. The van der Waals surface area contributed by atoms with Gasteiger partial charge in [0.2, 0.25) is 0 Å². The summed E-state index contributed by atoms with van der Waals surface area (Å²) in [4.78, 5) is 2.73. The normalized spacial score (nSPS) is 14.8. The van der Waals surface area contributed by atoms with Crippen LogP contribution in [0.4, 0.5) is 0 Å². The summed E-state index contributed by atoms with van der Waals surface area (Å²) in [5, 5.41) is 1.57. The van der Waals surface area contributed by atoms with Gasteiger partial charge in [-0.3, -0.25) is 0 Å². The van der Waals surface area contributed by atoms with Gasteiger partial charge in [-0.05, 0) is 41.3 Å². The van der Waals surface area contributed by atoms with Gasteiger partial charge in [0, 0.05) is 9.75 Å². The number of allylic oxidation sites excluding steroid dienone is 4. The molecule has 0 N–H and O–H groups in total. The highest BCUT2D eigenvalue weighted by Crippen LogP contribution is 2.39. The molecule has 1 heterocycles. The molecular weight excluding hydrogens is 324 g/mol. The monoisotopic (exact) mass is 346 g/mol. The van der Waals surface area contributed by atoms with Crippen LogP contribution in [-0.4, -0.2) is 8.07 Å². The Kier molecular flexibility index (Phi) is 3.82. The van der Waals surface area contributed by atoms with Gasteiger partial charge in [0.25, 0.3) is 0 Å². The van der Waals surface area contributed by atoms with Crippen LogP contribution in [0.2, 0.25) is 18.6 Å². The maximum atomic E-state index is 2.49. The molecule has 0 fully saturated rings. The number of thiophene rings is 1. The zero-order chi connectivity index (χ0) is 16.7. The molecule has 0 radical (unpaired) electrons. The van der Waals surface area contributed by atoms with E-state index in [4.69, 9.17) is 0 Å². The molecule has 0 aliphatic heterocycles. The number of hydrogen-bond acceptors (Lipinski definition) is 1. The van der Waals surface area contributed by atoms with Crippen molar-refractivity contribution in [1.82, 2.24) is 0 Å². The van der Waals surface area contributed by atoms with Gasteiger partial charge in [-0.2, -0.15) is 0 Å². The summed E-state index contributed by atoms with van der Waals surface area (Å²) < 4.78 is 0. The average molecular weight is 347 g/mol. The molecule has 0 atom stereocenters. The fourth-order valence-corrected chi connectivity index (χ4v) is 7.62. The van der Waals surface area contributed by atoms with Crippen LogP contribution in [0.5, 0.6) is 0 Å². The Morgan fingerprint density at radius 1 is 0.792 bits per heavy atom. The van der Waals surface area contributed by atoms with Crippen molar-refractivity contribution in [2.24, 2.45) is 0 Å². The second-order valence-corrected chi connectivity index (χ2v) is 13.1. The van der Waals surface area contributed by atoms with Crippen LogP contribution in [0.15, 0.2) is 72.8 Å². The maximum absolute atomic E-state index is 2.49. The van der Waals surface area contributed by atoms with Crippen molar-refractivity contribution < 1.29 is 0 Å². The zero-order valence-electron chi connectivity index (χ0n) is 14.4. The molecule has 0 spiro atoms. The first-order valence-electron chi connectivity index (χ1n) is 8.51. The Bertz CT molecular complexity index is 901. The molecule has 0 amide bonds. The number of hydrogen-bond donors (Lipinski definition) is 0. The van der Waals surface area contributed by atoms with Gasteiger partial charge in [0.05, 0.1) is 8.07 Å². The first-order valence-corrected chi connectivity index (χ1v) is 12.4. The van der Waals surface area contributed by atoms with Gasteiger partial charge in [0.1, 0.15) is 0 Å². The van der Waals surface area contributed by atoms with E-state index in [1.807, 2.05) is 11.3 Å². The predicted octanol–water partition coefficient (Wildman–Crippen LogP) is 6.24. The van der Waals surface area contributed by atoms with Crippen molar-refractivity contribution in [1.29, 1.82) is 0 Å². The Balaban J connectivity index is 1.86. The van der Waals surface area contributed by atoms with E-state index < -0.39 is 8.07 Å². The predicted molar refractivity (Wildman–Crippen MR) is 110 cm³/mol. The minimum absolute atomic E-state index is 0.598. The summed E-state index contributed by atoms with van der Waals surface area (Å²) in [6.07, 6.45) is 9.14. The molecule has 2 heteroatoms. The summed E-state index contributed by atoms with van der Waals surface area (Å²) in [6, 6.07) is 18.2. The van der Waals surface area contributed by atoms with Crippen molar-refractivity contribution in [2.75, 3.05) is 0 Å². The van der Waals surface area contributed by atoms with Crippen molar-refractivity contribution in [3.05, 3.63) is 77.7 Å². The lowest BCUT2D eigenvalue weighted by Gasteiger charge is -2.28. The summed E-state index contributed by atoms with van der Waals surface area (Å²) in [6.45, 7) is 7.17. The molecular formula is C22H22SSi. The molecule has 0 aromatic carbocycles. The lowest BCUT2D eigenvalue weighted by molar-refractivity contribution is 1.31. The first-order chi connectivity index (χ1) is 11.6. The summed E-state index contributed by atoms with van der Waals surface area (Å²) in [5.74, 6) is 0. The second kappa shape index (κ2) is 5.87. The Labute approximate surface area is 149 Å². The van der Waals surface area contributed by atoms with E-state index >= 15 is 0 Å². The van der Waals surface area contributed by atoms with E-state index in [1.54, 1.807) is 5.19 Å². The highest BCUT2D eigenvalue weighted by molar-refractivity contribution is 7.15. The molecule has 0 saturated heterocycles. The molecule has 3 aliphatic rings. The van der Waals surface area contributed by atoms with Gasteiger partial charge in [0.15, 0.2) is 0 Å². The van der Waals surface area contributed by atoms with Crippen LogP contribution in [0.3, 0.4) is 0 Å². The van der Waals surface area contributed by atoms with Crippen LogP contribution in [0.25, 0.3) is 21.6 Å². The standard InChI is InChI=1S/C22H22SSi/c1-16-12-14-21(23-16)19-10-6-7-11-20-18(19)13-15-22(20)24(2,3)17-8-4-5-9-17/h4-15,17H,1-3H3. The fraction of sp³-hybridized carbons (Fsp3) is 0.182. The SMILES string of the molecule is Cc1ccc(-c2ccccc3c([Si](C)(C)C4C=CC=C4)ccc2-3)s1. The van der Waals surface area contributed by atoms with Crippen molar-refractivity contribution >= 4 is 24.6 Å². The van der Waals surface area contributed by atoms with Gasteiger partial charge in [-0.25, -0.2) is 0 Å². The molecule has 1 aromatic heterocycles. The topological polar surface area (TPSA) is 0 Å². The Hall–Kier alpha value is -1.90. The third kappa shape index (κ3) is 2.50. The largest absolute Gasteiger partial charge is 0.141 e. The third-order valence-corrected chi connectivity index (χ3v) is 10.1. The fourth-order valence-electron chi connectivity index (χ4n) is 3.75. The number of rotatable bonds is 3. The molecule has 1 aromatic rings. The molecule has 120 valence electrons. The summed E-state index contributed by atoms with van der Waals surface area (Å²) >= 11 is 1.88. The Morgan fingerprint density at radius 3 is 2.17 bits per heavy atom. The van der Waals surface area contributed by atoms with Crippen molar-refractivity contribution in [3.8, 4) is 21.6 Å². The van der Waals surface area contributed by atoms with Crippen LogP contribution in [-0.2, 0) is 0 Å². The highest BCUT2D eigenvalue weighted by Gasteiger charge is 2.34. The molecule has 3 aliphatic carbocycles. The van der Waals surface area contributed by atoms with Gasteiger partial charge in [-0.1, -0.05) is 79.0 Å². The quantitative estimate of drug-likeness (QED) is 0.492. The summed E-state index contributed by atoms with van der Waals surface area (Å²) in [7, 11) is -1.58. The molecule has 4 rings (SSSR count). The molecule has 24 heavy (non-hydrogen) atoms. The van der Waals surface area contributed by atoms with Gasteiger partial charge in [-0.15, -0.1) is 11.3 Å². The smallest absolute Gasteiger partial charge is 0.0919 e. The maximum Gasteiger partial charge on any atom is 0.0919 e. The molecule has 0 nitrogen and oxygen atoms in total. The first kappa shape index (κ1) is 15.6. The average Bonchev–Trinajstić information content (AvgIpc) is 3.27. The molecule has 0 saturated carbocycles. The van der Waals surface area contributed by atoms with E-state index in [9.17, 15) is 0 Å². The van der Waals surface area contributed by atoms with Crippen molar-refractivity contribution in [3.63, 3.8) is 0 Å². The molecule has 0 bridgehead atoms. The van der Waals surface area contributed by atoms with E-state index in [0.717, 1.165) is 0 Å². The van der Waals surface area contributed by atoms with Crippen LogP contribution >= 0.6 is 11.3 Å². The van der Waals surface area contributed by atoms with Crippen molar-refractivity contribution in [2.45, 2.75) is 25.6 Å². The minimum atomic E-state index is -1.58. The van der Waals surface area contributed by atoms with E-state index in [2.05, 4.69) is 92.9 Å². The summed E-state index contributed by atoms with van der Waals surface area (Å²) in [5.41, 5.74) is 4.79. The van der Waals surface area contributed by atoms with Crippen LogP contribution in [0.1, 0.15) is 4.88 Å². The third-order valence-electron chi connectivity index (χ3n) is 5.21. The lowest BCUT2D eigenvalue weighted by atomic mass is 10.1. The minimum Gasteiger partial charge on any atom is -0.141 e. The van der Waals surface area contributed by atoms with Gasteiger partial charge >= 0.3 is 0 Å². The number of aryl methyl sites for hydroxylation is 1. The van der Waals surface area contributed by atoms with E-state index in [0.29, 0.717) is 5.54 Å². The number of fused-ring (bicyclic) bond motifs is 1.